The summed E-state index contributed by atoms with van der Waals surface area (Å²) in [6, 6.07) is 13.6. The zero-order chi connectivity index (χ0) is 19.5. The van der Waals surface area contributed by atoms with Gasteiger partial charge in [0.25, 0.3) is 5.91 Å². The lowest BCUT2D eigenvalue weighted by Gasteiger charge is -2.20. The summed E-state index contributed by atoms with van der Waals surface area (Å²) in [6.45, 7) is 3.03. The Labute approximate surface area is 163 Å². The number of fused-ring (bicyclic) bond motifs is 1. The third-order valence-corrected chi connectivity index (χ3v) is 4.85. The average Bonchev–Trinajstić information content (AvgIpc) is 3.15. The van der Waals surface area contributed by atoms with E-state index in [0.717, 1.165) is 28.0 Å². The van der Waals surface area contributed by atoms with Crippen LogP contribution < -0.4 is 0 Å². The molecule has 1 amide bonds. The first-order chi connectivity index (χ1) is 13.7. The molecule has 0 spiro atoms. The van der Waals surface area contributed by atoms with E-state index < -0.39 is 0 Å². The van der Waals surface area contributed by atoms with E-state index in [0.29, 0.717) is 18.7 Å². The minimum Gasteiger partial charge on any atom is -0.337 e. The van der Waals surface area contributed by atoms with Gasteiger partial charge in [-0.25, -0.2) is 4.98 Å². The van der Waals surface area contributed by atoms with Gasteiger partial charge in [-0.15, -0.1) is 0 Å². The SMILES string of the molecule is CCN(Cc1nccn1C)C(=O)c1ccc(-c2cccc3ncccc23)nc1. The Hall–Kier alpha value is -3.54. The van der Waals surface area contributed by atoms with E-state index in [9.17, 15) is 4.79 Å². The summed E-state index contributed by atoms with van der Waals surface area (Å²) < 4.78 is 1.92. The van der Waals surface area contributed by atoms with Crippen molar-refractivity contribution in [1.82, 2.24) is 24.4 Å². The van der Waals surface area contributed by atoms with E-state index in [1.54, 1.807) is 23.5 Å². The normalized spacial score (nSPS) is 10.9. The molecular weight excluding hydrogens is 350 g/mol. The van der Waals surface area contributed by atoms with E-state index in [4.69, 9.17) is 0 Å². The minimum atomic E-state index is -0.0517. The molecule has 3 aromatic heterocycles. The van der Waals surface area contributed by atoms with Crippen molar-refractivity contribution < 1.29 is 4.79 Å². The summed E-state index contributed by atoms with van der Waals surface area (Å²) in [6.07, 6.45) is 7.04. The van der Waals surface area contributed by atoms with E-state index >= 15 is 0 Å². The zero-order valence-corrected chi connectivity index (χ0v) is 15.9. The van der Waals surface area contributed by atoms with Crippen LogP contribution in [0, 0.1) is 0 Å². The van der Waals surface area contributed by atoms with Gasteiger partial charge in [-0.05, 0) is 31.2 Å². The molecule has 0 saturated carbocycles. The minimum absolute atomic E-state index is 0.0517. The molecule has 6 nitrogen and oxygen atoms in total. The number of rotatable bonds is 5. The lowest BCUT2D eigenvalue weighted by Crippen LogP contribution is -2.31. The predicted molar refractivity (Wildman–Crippen MR) is 109 cm³/mol. The number of aromatic nitrogens is 4. The van der Waals surface area contributed by atoms with Crippen molar-refractivity contribution in [3.05, 3.63) is 78.6 Å². The summed E-state index contributed by atoms with van der Waals surface area (Å²) >= 11 is 0. The molecule has 4 aromatic rings. The maximum absolute atomic E-state index is 12.9. The van der Waals surface area contributed by atoms with Crippen LogP contribution in [0.5, 0.6) is 0 Å². The molecule has 0 aliphatic heterocycles. The predicted octanol–water partition coefficient (Wildman–Crippen LogP) is 3.69. The van der Waals surface area contributed by atoms with Crippen LogP contribution in [0.3, 0.4) is 0 Å². The van der Waals surface area contributed by atoms with Crippen LogP contribution in [0.15, 0.2) is 67.3 Å². The number of pyridine rings is 2. The number of carbonyl (C=O) groups excluding carboxylic acids is 1. The molecule has 0 radical (unpaired) electrons. The molecule has 4 rings (SSSR count). The monoisotopic (exact) mass is 371 g/mol. The largest absolute Gasteiger partial charge is 0.337 e. The lowest BCUT2D eigenvalue weighted by molar-refractivity contribution is 0.0747. The smallest absolute Gasteiger partial charge is 0.255 e. The van der Waals surface area contributed by atoms with Crippen LogP contribution in [0.4, 0.5) is 0 Å². The van der Waals surface area contributed by atoms with E-state index in [1.807, 2.05) is 67.2 Å². The maximum Gasteiger partial charge on any atom is 0.255 e. The fraction of sp³-hybridized carbons (Fsp3) is 0.182. The third kappa shape index (κ3) is 3.36. The van der Waals surface area contributed by atoms with Crippen molar-refractivity contribution in [2.45, 2.75) is 13.5 Å². The third-order valence-electron chi connectivity index (χ3n) is 4.85. The van der Waals surface area contributed by atoms with Crippen molar-refractivity contribution in [1.29, 1.82) is 0 Å². The second-order valence-corrected chi connectivity index (χ2v) is 6.58. The Kier molecular flexibility index (Phi) is 4.85. The number of nitrogens with zero attached hydrogens (tertiary/aromatic N) is 5. The van der Waals surface area contributed by atoms with Gasteiger partial charge in [-0.2, -0.15) is 0 Å². The first kappa shape index (κ1) is 17.9. The van der Waals surface area contributed by atoms with E-state index in [1.165, 1.54) is 0 Å². The standard InChI is InChI=1S/C22H21N5O/c1-3-27(15-21-24-12-13-26(21)2)22(28)16-9-10-20(25-14-16)17-6-4-8-19-18(17)7-5-11-23-19/h4-14H,3,15H2,1-2H3. The molecule has 6 heteroatoms. The van der Waals surface area contributed by atoms with Gasteiger partial charge < -0.3 is 9.47 Å². The topological polar surface area (TPSA) is 63.9 Å². The van der Waals surface area contributed by atoms with Gasteiger partial charge in [0.15, 0.2) is 0 Å². The highest BCUT2D eigenvalue weighted by atomic mass is 16.2. The fourth-order valence-corrected chi connectivity index (χ4v) is 3.24. The molecule has 140 valence electrons. The number of carbonyl (C=O) groups is 1. The number of benzene rings is 1. The zero-order valence-electron chi connectivity index (χ0n) is 15.9. The van der Waals surface area contributed by atoms with Crippen molar-refractivity contribution >= 4 is 16.8 Å². The molecule has 0 saturated heterocycles. The first-order valence-electron chi connectivity index (χ1n) is 9.23. The molecule has 0 unspecified atom stereocenters. The van der Waals surface area contributed by atoms with Gasteiger partial charge in [0.2, 0.25) is 0 Å². The molecule has 1 aromatic carbocycles. The lowest BCUT2D eigenvalue weighted by atomic mass is 10.0. The highest BCUT2D eigenvalue weighted by molar-refractivity contribution is 5.96. The van der Waals surface area contributed by atoms with Gasteiger partial charge in [-0.1, -0.05) is 18.2 Å². The van der Waals surface area contributed by atoms with Gasteiger partial charge in [0.1, 0.15) is 5.82 Å². The molecule has 0 aliphatic carbocycles. The van der Waals surface area contributed by atoms with Crippen molar-refractivity contribution in [2.75, 3.05) is 6.54 Å². The van der Waals surface area contributed by atoms with Crippen LogP contribution in [-0.2, 0) is 13.6 Å². The number of aryl methyl sites for hydroxylation is 1. The van der Waals surface area contributed by atoms with Gasteiger partial charge in [0, 0.05) is 49.3 Å². The Balaban J connectivity index is 1.60. The Morgan fingerprint density at radius 1 is 1.04 bits per heavy atom. The highest BCUT2D eigenvalue weighted by Crippen LogP contribution is 2.26. The molecule has 0 atom stereocenters. The van der Waals surface area contributed by atoms with Crippen LogP contribution in [0.1, 0.15) is 23.1 Å². The van der Waals surface area contributed by atoms with Crippen LogP contribution in [0.25, 0.3) is 22.2 Å². The first-order valence-corrected chi connectivity index (χ1v) is 9.23. The number of imidazole rings is 1. The number of hydrogen-bond donors (Lipinski definition) is 0. The summed E-state index contributed by atoms with van der Waals surface area (Å²) in [7, 11) is 1.93. The summed E-state index contributed by atoms with van der Waals surface area (Å²) in [5, 5.41) is 1.04. The van der Waals surface area contributed by atoms with E-state index in [-0.39, 0.29) is 5.91 Å². The molecule has 3 heterocycles. The molecule has 0 bridgehead atoms. The second-order valence-electron chi connectivity index (χ2n) is 6.58. The Bertz CT molecular complexity index is 1110. The van der Waals surface area contributed by atoms with Gasteiger partial charge >= 0.3 is 0 Å². The molecule has 0 N–H and O–H groups in total. The second kappa shape index (κ2) is 7.60. The van der Waals surface area contributed by atoms with Crippen molar-refractivity contribution in [3.63, 3.8) is 0 Å². The maximum atomic E-state index is 12.9. The molecule has 0 fully saturated rings. The van der Waals surface area contributed by atoms with Gasteiger partial charge in [-0.3, -0.25) is 14.8 Å². The van der Waals surface area contributed by atoms with Crippen LogP contribution >= 0.6 is 0 Å². The molecule has 28 heavy (non-hydrogen) atoms. The summed E-state index contributed by atoms with van der Waals surface area (Å²) in [5.41, 5.74) is 3.32. The summed E-state index contributed by atoms with van der Waals surface area (Å²) in [4.78, 5) is 27.9. The Morgan fingerprint density at radius 2 is 1.93 bits per heavy atom. The highest BCUT2D eigenvalue weighted by Gasteiger charge is 2.17. The Morgan fingerprint density at radius 3 is 2.64 bits per heavy atom. The van der Waals surface area contributed by atoms with Crippen LogP contribution in [0.2, 0.25) is 0 Å². The number of hydrogen-bond acceptors (Lipinski definition) is 4. The van der Waals surface area contributed by atoms with Crippen molar-refractivity contribution in [3.8, 4) is 11.3 Å². The number of amides is 1. The average molecular weight is 371 g/mol. The van der Waals surface area contributed by atoms with Gasteiger partial charge in [0.05, 0.1) is 23.3 Å². The fourth-order valence-electron chi connectivity index (χ4n) is 3.24. The van der Waals surface area contributed by atoms with E-state index in [2.05, 4.69) is 15.0 Å². The summed E-state index contributed by atoms with van der Waals surface area (Å²) in [5.74, 6) is 0.798. The molecular formula is C22H21N5O. The molecule has 0 aliphatic rings. The quantitative estimate of drug-likeness (QED) is 0.537. The van der Waals surface area contributed by atoms with Crippen molar-refractivity contribution in [2.24, 2.45) is 7.05 Å². The van der Waals surface area contributed by atoms with Crippen LogP contribution in [-0.4, -0.2) is 36.9 Å².